The fourth-order valence-electron chi connectivity index (χ4n) is 1.87. The van der Waals surface area contributed by atoms with Crippen LogP contribution in [0.5, 0.6) is 11.5 Å². The van der Waals surface area contributed by atoms with E-state index in [-0.39, 0.29) is 24.5 Å². The quantitative estimate of drug-likeness (QED) is 0.607. The van der Waals surface area contributed by atoms with Gasteiger partial charge in [-0.25, -0.2) is 4.79 Å². The first-order valence-electron chi connectivity index (χ1n) is 6.66. The lowest BCUT2D eigenvalue weighted by Crippen LogP contribution is -2.25. The zero-order valence-electron chi connectivity index (χ0n) is 12.4. The molecule has 0 unspecified atom stereocenters. The van der Waals surface area contributed by atoms with E-state index in [1.165, 1.54) is 12.1 Å². The van der Waals surface area contributed by atoms with E-state index in [1.54, 1.807) is 6.92 Å². The molecule has 120 valence electrons. The normalized spacial score (nSPS) is 10.1. The molecule has 2 aromatic rings. The number of aromatic nitrogens is 2. The second-order valence-electron chi connectivity index (χ2n) is 4.54. The van der Waals surface area contributed by atoms with Gasteiger partial charge in [-0.2, -0.15) is 4.98 Å². The summed E-state index contributed by atoms with van der Waals surface area (Å²) in [5.41, 5.74) is 5.01. The molecule has 0 spiro atoms. The SMILES string of the molecule is CCN.Cc1nc(=O)n(CCC(=O)O)c2cc(O)c(O)cc12. The van der Waals surface area contributed by atoms with Gasteiger partial charge >= 0.3 is 11.7 Å². The molecule has 0 aliphatic rings. The van der Waals surface area contributed by atoms with Gasteiger partial charge in [-0.1, -0.05) is 6.92 Å². The number of nitrogens with two attached hydrogens (primary N) is 1. The van der Waals surface area contributed by atoms with Gasteiger partial charge in [0.15, 0.2) is 11.5 Å². The largest absolute Gasteiger partial charge is 0.504 e. The first-order chi connectivity index (χ1) is 10.3. The molecule has 0 bridgehead atoms. The topological polar surface area (TPSA) is 139 Å². The average Bonchev–Trinajstić information content (AvgIpc) is 2.41. The van der Waals surface area contributed by atoms with Gasteiger partial charge < -0.3 is 21.1 Å². The Hall–Kier alpha value is -2.61. The van der Waals surface area contributed by atoms with Crippen LogP contribution in [0.25, 0.3) is 10.9 Å². The van der Waals surface area contributed by atoms with Crippen molar-refractivity contribution in [2.75, 3.05) is 6.54 Å². The second-order valence-corrected chi connectivity index (χ2v) is 4.54. The molecule has 8 nitrogen and oxygen atoms in total. The lowest BCUT2D eigenvalue weighted by molar-refractivity contribution is -0.137. The van der Waals surface area contributed by atoms with Crippen molar-refractivity contribution >= 4 is 16.9 Å². The maximum atomic E-state index is 11.8. The first-order valence-corrected chi connectivity index (χ1v) is 6.66. The molecule has 0 aliphatic heterocycles. The van der Waals surface area contributed by atoms with E-state index in [9.17, 15) is 19.8 Å². The van der Waals surface area contributed by atoms with Gasteiger partial charge in [0.1, 0.15) is 0 Å². The van der Waals surface area contributed by atoms with E-state index in [0.29, 0.717) is 16.6 Å². The third kappa shape index (κ3) is 3.95. The number of phenols is 2. The molecule has 22 heavy (non-hydrogen) atoms. The molecule has 0 aliphatic carbocycles. The predicted octanol–water partition coefficient (Wildman–Crippen LogP) is 0.556. The summed E-state index contributed by atoms with van der Waals surface area (Å²) in [7, 11) is 0. The van der Waals surface area contributed by atoms with Crippen LogP contribution < -0.4 is 11.4 Å². The summed E-state index contributed by atoms with van der Waals surface area (Å²) in [6, 6.07) is 2.52. The highest BCUT2D eigenvalue weighted by atomic mass is 16.4. The van der Waals surface area contributed by atoms with E-state index in [2.05, 4.69) is 4.98 Å². The predicted molar refractivity (Wildman–Crippen MR) is 81.1 cm³/mol. The highest BCUT2D eigenvalue weighted by Crippen LogP contribution is 2.30. The van der Waals surface area contributed by atoms with Gasteiger partial charge in [0.2, 0.25) is 0 Å². The standard InChI is InChI=1S/C12H12N2O5.C2H7N/c1-6-7-4-9(15)10(16)5-8(7)14(12(19)13-6)3-2-11(17)18;1-2-3/h4-5,15-16H,2-3H2,1H3,(H,17,18);2-3H2,1H3. The van der Waals surface area contributed by atoms with E-state index in [4.69, 9.17) is 10.8 Å². The molecule has 0 amide bonds. The van der Waals surface area contributed by atoms with Gasteiger partial charge in [-0.05, 0) is 19.5 Å². The Labute approximate surface area is 126 Å². The Morgan fingerprint density at radius 1 is 1.32 bits per heavy atom. The minimum atomic E-state index is -1.04. The van der Waals surface area contributed by atoms with Gasteiger partial charge in [-0.3, -0.25) is 9.36 Å². The molecule has 5 N–H and O–H groups in total. The summed E-state index contributed by atoms with van der Waals surface area (Å²) < 4.78 is 1.16. The monoisotopic (exact) mass is 309 g/mol. The number of phenolic OH excluding ortho intramolecular Hbond substituents is 2. The molecule has 0 fully saturated rings. The third-order valence-electron chi connectivity index (χ3n) is 2.82. The van der Waals surface area contributed by atoms with Crippen molar-refractivity contribution in [3.05, 3.63) is 28.3 Å². The number of aliphatic carboxylic acids is 1. The molecular formula is C14H19N3O5. The van der Waals surface area contributed by atoms with Crippen LogP contribution in [-0.4, -0.2) is 37.4 Å². The minimum absolute atomic E-state index is 0.0534. The van der Waals surface area contributed by atoms with Crippen LogP contribution in [0.2, 0.25) is 0 Å². The number of carbonyl (C=O) groups is 1. The maximum Gasteiger partial charge on any atom is 0.348 e. The number of aromatic hydroxyl groups is 2. The summed E-state index contributed by atoms with van der Waals surface area (Å²) in [4.78, 5) is 26.1. The number of hydrogen-bond donors (Lipinski definition) is 4. The van der Waals surface area contributed by atoms with Crippen molar-refractivity contribution in [2.45, 2.75) is 26.8 Å². The Morgan fingerprint density at radius 3 is 2.41 bits per heavy atom. The van der Waals surface area contributed by atoms with Crippen molar-refractivity contribution in [1.29, 1.82) is 0 Å². The summed E-state index contributed by atoms with van der Waals surface area (Å²) >= 11 is 0. The Balaban J connectivity index is 0.000000745. The number of benzene rings is 1. The zero-order chi connectivity index (χ0) is 16.9. The van der Waals surface area contributed by atoms with Crippen molar-refractivity contribution in [2.24, 2.45) is 5.73 Å². The number of carboxylic acid groups (broad SMARTS) is 1. The Bertz CT molecular complexity index is 739. The summed E-state index contributed by atoms with van der Waals surface area (Å²) in [6.45, 7) is 4.20. The second kappa shape index (κ2) is 7.41. The van der Waals surface area contributed by atoms with Crippen LogP contribution in [0.15, 0.2) is 16.9 Å². The van der Waals surface area contributed by atoms with Crippen LogP contribution in [0, 0.1) is 6.92 Å². The molecular weight excluding hydrogens is 290 g/mol. The molecule has 0 saturated heterocycles. The van der Waals surface area contributed by atoms with Crippen LogP contribution in [0.4, 0.5) is 0 Å². The van der Waals surface area contributed by atoms with Crippen molar-refractivity contribution in [3.8, 4) is 11.5 Å². The van der Waals surface area contributed by atoms with E-state index >= 15 is 0 Å². The number of aryl methyl sites for hydroxylation is 2. The highest BCUT2D eigenvalue weighted by Gasteiger charge is 2.12. The van der Waals surface area contributed by atoms with Gasteiger partial charge in [0.25, 0.3) is 0 Å². The molecule has 2 rings (SSSR count). The van der Waals surface area contributed by atoms with Crippen molar-refractivity contribution in [1.82, 2.24) is 9.55 Å². The number of nitrogens with zero attached hydrogens (tertiary/aromatic N) is 2. The van der Waals surface area contributed by atoms with Crippen LogP contribution in [-0.2, 0) is 11.3 Å². The molecule has 1 aromatic carbocycles. The molecule has 0 saturated carbocycles. The number of rotatable bonds is 3. The maximum absolute atomic E-state index is 11.8. The van der Waals surface area contributed by atoms with E-state index in [1.807, 2.05) is 6.92 Å². The van der Waals surface area contributed by atoms with Gasteiger partial charge in [0, 0.05) is 18.0 Å². The van der Waals surface area contributed by atoms with Crippen molar-refractivity contribution in [3.63, 3.8) is 0 Å². The highest BCUT2D eigenvalue weighted by molar-refractivity contribution is 5.84. The molecule has 1 aromatic heterocycles. The third-order valence-corrected chi connectivity index (χ3v) is 2.82. The average molecular weight is 309 g/mol. The van der Waals surface area contributed by atoms with Crippen molar-refractivity contribution < 1.29 is 20.1 Å². The fourth-order valence-corrected chi connectivity index (χ4v) is 1.87. The van der Waals surface area contributed by atoms with E-state index in [0.717, 1.165) is 11.1 Å². The number of hydrogen-bond acceptors (Lipinski definition) is 6. The zero-order valence-corrected chi connectivity index (χ0v) is 12.4. The summed E-state index contributed by atoms with van der Waals surface area (Å²) in [5.74, 6) is -1.73. The molecule has 1 heterocycles. The Kier molecular flexibility index (Phi) is 5.88. The fraction of sp³-hybridized carbons (Fsp3) is 0.357. The molecule has 8 heteroatoms. The van der Waals surface area contributed by atoms with Crippen LogP contribution >= 0.6 is 0 Å². The first kappa shape index (κ1) is 17.4. The lowest BCUT2D eigenvalue weighted by Gasteiger charge is -2.11. The number of carboxylic acids is 1. The molecule has 0 atom stereocenters. The number of fused-ring (bicyclic) bond motifs is 1. The van der Waals surface area contributed by atoms with Crippen LogP contribution in [0.1, 0.15) is 19.0 Å². The van der Waals surface area contributed by atoms with E-state index < -0.39 is 11.7 Å². The van der Waals surface area contributed by atoms with Gasteiger partial charge in [0.05, 0.1) is 17.6 Å². The lowest BCUT2D eigenvalue weighted by atomic mass is 10.1. The Morgan fingerprint density at radius 2 is 1.86 bits per heavy atom. The summed E-state index contributed by atoms with van der Waals surface area (Å²) in [6.07, 6.45) is -0.235. The molecule has 0 radical (unpaired) electrons. The smallest absolute Gasteiger partial charge is 0.348 e. The summed E-state index contributed by atoms with van der Waals surface area (Å²) in [5, 5.41) is 28.1. The van der Waals surface area contributed by atoms with Gasteiger partial charge in [-0.15, -0.1) is 0 Å². The minimum Gasteiger partial charge on any atom is -0.504 e. The van der Waals surface area contributed by atoms with Crippen LogP contribution in [0.3, 0.4) is 0 Å².